The van der Waals surface area contributed by atoms with Crippen LogP contribution in [-0.4, -0.2) is 9.55 Å². The number of rotatable bonds is 3. The zero-order valence-corrected chi connectivity index (χ0v) is 8.54. The monoisotopic (exact) mass is 179 g/mol. The van der Waals surface area contributed by atoms with Crippen molar-refractivity contribution < 1.29 is 0 Å². The fourth-order valence-corrected chi connectivity index (χ4v) is 1.07. The highest BCUT2D eigenvalue weighted by Gasteiger charge is 1.98. The Balaban J connectivity index is 2.54. The van der Waals surface area contributed by atoms with Gasteiger partial charge >= 0.3 is 0 Å². The number of aromatic nitrogens is 2. The van der Waals surface area contributed by atoms with E-state index in [-0.39, 0.29) is 0 Å². The van der Waals surface area contributed by atoms with Crippen molar-refractivity contribution in [1.29, 1.82) is 0 Å². The smallest absolute Gasteiger partial charge is 0.200 e. The molecule has 13 heavy (non-hydrogen) atoms. The van der Waals surface area contributed by atoms with Crippen molar-refractivity contribution in [2.75, 3.05) is 5.73 Å². The Labute approximate surface area is 79.3 Å². The summed E-state index contributed by atoms with van der Waals surface area (Å²) < 4.78 is 1.96. The van der Waals surface area contributed by atoms with Crippen molar-refractivity contribution in [1.82, 2.24) is 9.55 Å². The highest BCUT2D eigenvalue weighted by Crippen LogP contribution is 2.09. The zero-order chi connectivity index (χ0) is 9.84. The lowest BCUT2D eigenvalue weighted by molar-refractivity contribution is 0.697. The first-order chi connectivity index (χ1) is 6.11. The van der Waals surface area contributed by atoms with Crippen LogP contribution < -0.4 is 5.73 Å². The van der Waals surface area contributed by atoms with Gasteiger partial charge in [0.1, 0.15) is 0 Å². The van der Waals surface area contributed by atoms with E-state index in [0.29, 0.717) is 5.95 Å². The maximum absolute atomic E-state index is 5.64. The highest BCUT2D eigenvalue weighted by atomic mass is 15.1. The van der Waals surface area contributed by atoms with Crippen LogP contribution in [-0.2, 0) is 6.54 Å². The van der Waals surface area contributed by atoms with E-state index in [1.165, 1.54) is 11.1 Å². The quantitative estimate of drug-likeness (QED) is 0.723. The standard InChI is InChI=1S/C10H17N3/c1-8(2)9(3)4-6-13-7-5-12-10(13)11/h5,7H,4,6H2,1-3H3,(H2,11,12). The van der Waals surface area contributed by atoms with Gasteiger partial charge in [-0.2, -0.15) is 0 Å². The highest BCUT2D eigenvalue weighted by molar-refractivity contribution is 5.17. The van der Waals surface area contributed by atoms with Crippen LogP contribution in [0.2, 0.25) is 0 Å². The third kappa shape index (κ3) is 2.61. The van der Waals surface area contributed by atoms with Crippen LogP contribution in [0.3, 0.4) is 0 Å². The average Bonchev–Trinajstić information content (AvgIpc) is 2.47. The fourth-order valence-electron chi connectivity index (χ4n) is 1.07. The number of hydrogen-bond acceptors (Lipinski definition) is 2. The van der Waals surface area contributed by atoms with Crippen molar-refractivity contribution >= 4 is 5.95 Å². The Hall–Kier alpha value is -1.25. The van der Waals surface area contributed by atoms with Crippen LogP contribution in [0.1, 0.15) is 27.2 Å². The number of nitrogens with two attached hydrogens (primary N) is 1. The third-order valence-corrected chi connectivity index (χ3v) is 2.33. The molecular formula is C10H17N3. The van der Waals surface area contributed by atoms with Gasteiger partial charge in [-0.1, -0.05) is 11.1 Å². The molecule has 3 heteroatoms. The summed E-state index contributed by atoms with van der Waals surface area (Å²) in [5, 5.41) is 0. The fraction of sp³-hybridized carbons (Fsp3) is 0.500. The molecule has 0 aliphatic heterocycles. The number of nitrogen functional groups attached to an aromatic ring is 1. The van der Waals surface area contributed by atoms with E-state index in [0.717, 1.165) is 13.0 Å². The van der Waals surface area contributed by atoms with Gasteiger partial charge in [-0.15, -0.1) is 0 Å². The Morgan fingerprint density at radius 2 is 2.15 bits per heavy atom. The average molecular weight is 179 g/mol. The molecule has 0 radical (unpaired) electrons. The van der Waals surface area contributed by atoms with E-state index < -0.39 is 0 Å². The van der Waals surface area contributed by atoms with Gasteiger partial charge in [0.05, 0.1) is 0 Å². The van der Waals surface area contributed by atoms with E-state index in [2.05, 4.69) is 25.8 Å². The normalized spacial score (nSPS) is 10.1. The number of anilines is 1. The van der Waals surface area contributed by atoms with Gasteiger partial charge in [0.2, 0.25) is 0 Å². The molecule has 1 aromatic heterocycles. The molecule has 0 saturated heterocycles. The molecule has 0 saturated carbocycles. The van der Waals surface area contributed by atoms with Crippen LogP contribution >= 0.6 is 0 Å². The molecule has 1 aromatic rings. The second kappa shape index (κ2) is 4.12. The summed E-state index contributed by atoms with van der Waals surface area (Å²) in [6.07, 6.45) is 4.68. The van der Waals surface area contributed by atoms with Crippen LogP contribution in [0.15, 0.2) is 23.5 Å². The minimum Gasteiger partial charge on any atom is -0.369 e. The number of nitrogens with zero attached hydrogens (tertiary/aromatic N) is 2. The van der Waals surface area contributed by atoms with Crippen LogP contribution in [0.5, 0.6) is 0 Å². The molecule has 0 unspecified atom stereocenters. The Kier molecular flexibility index (Phi) is 3.12. The minimum atomic E-state index is 0.599. The largest absolute Gasteiger partial charge is 0.369 e. The molecular weight excluding hydrogens is 162 g/mol. The lowest BCUT2D eigenvalue weighted by atomic mass is 10.1. The summed E-state index contributed by atoms with van der Waals surface area (Å²) in [6, 6.07) is 0. The predicted molar refractivity (Wildman–Crippen MR) is 55.3 cm³/mol. The van der Waals surface area contributed by atoms with Crippen molar-refractivity contribution in [2.24, 2.45) is 0 Å². The topological polar surface area (TPSA) is 43.8 Å². The van der Waals surface area contributed by atoms with Gasteiger partial charge in [-0.3, -0.25) is 0 Å². The molecule has 0 aromatic carbocycles. The summed E-state index contributed by atoms with van der Waals surface area (Å²) in [7, 11) is 0. The van der Waals surface area contributed by atoms with E-state index in [1.54, 1.807) is 6.20 Å². The SMILES string of the molecule is CC(C)=C(C)CCn1ccnc1N. The van der Waals surface area contributed by atoms with E-state index in [1.807, 2.05) is 10.8 Å². The van der Waals surface area contributed by atoms with Crippen LogP contribution in [0.4, 0.5) is 5.95 Å². The van der Waals surface area contributed by atoms with Gasteiger partial charge in [-0.05, 0) is 27.2 Å². The summed E-state index contributed by atoms with van der Waals surface area (Å²) in [5.41, 5.74) is 8.45. The van der Waals surface area contributed by atoms with E-state index in [9.17, 15) is 0 Å². The lowest BCUT2D eigenvalue weighted by Gasteiger charge is -2.06. The summed E-state index contributed by atoms with van der Waals surface area (Å²) in [5.74, 6) is 0.599. The second-order valence-electron chi connectivity index (χ2n) is 3.51. The van der Waals surface area contributed by atoms with Crippen molar-refractivity contribution in [3.63, 3.8) is 0 Å². The van der Waals surface area contributed by atoms with E-state index >= 15 is 0 Å². The van der Waals surface area contributed by atoms with E-state index in [4.69, 9.17) is 5.73 Å². The van der Waals surface area contributed by atoms with Gasteiger partial charge in [0, 0.05) is 18.9 Å². The Morgan fingerprint density at radius 1 is 1.46 bits per heavy atom. The first kappa shape index (κ1) is 9.84. The molecule has 0 amide bonds. The number of aryl methyl sites for hydroxylation is 1. The molecule has 0 atom stereocenters. The second-order valence-corrected chi connectivity index (χ2v) is 3.51. The molecule has 72 valence electrons. The minimum absolute atomic E-state index is 0.599. The molecule has 0 fully saturated rings. The van der Waals surface area contributed by atoms with Gasteiger partial charge in [0.15, 0.2) is 5.95 Å². The molecule has 0 bridgehead atoms. The van der Waals surface area contributed by atoms with Crippen molar-refractivity contribution in [3.05, 3.63) is 23.5 Å². The first-order valence-electron chi connectivity index (χ1n) is 4.51. The van der Waals surface area contributed by atoms with Gasteiger partial charge in [-0.25, -0.2) is 4.98 Å². The molecule has 3 nitrogen and oxygen atoms in total. The molecule has 1 rings (SSSR count). The summed E-state index contributed by atoms with van der Waals surface area (Å²) in [4.78, 5) is 3.96. The maximum Gasteiger partial charge on any atom is 0.200 e. The van der Waals surface area contributed by atoms with Gasteiger partial charge in [0.25, 0.3) is 0 Å². The Bertz CT molecular complexity index is 306. The van der Waals surface area contributed by atoms with Crippen molar-refractivity contribution in [2.45, 2.75) is 33.7 Å². The summed E-state index contributed by atoms with van der Waals surface area (Å²) in [6.45, 7) is 7.34. The molecule has 0 aliphatic carbocycles. The maximum atomic E-state index is 5.64. The number of allylic oxidation sites excluding steroid dienone is 2. The predicted octanol–water partition coefficient (Wildman–Crippen LogP) is 2.21. The number of hydrogen-bond donors (Lipinski definition) is 1. The zero-order valence-electron chi connectivity index (χ0n) is 8.54. The van der Waals surface area contributed by atoms with Gasteiger partial charge < -0.3 is 10.3 Å². The van der Waals surface area contributed by atoms with Crippen molar-refractivity contribution in [3.8, 4) is 0 Å². The first-order valence-corrected chi connectivity index (χ1v) is 4.51. The molecule has 0 aliphatic rings. The van der Waals surface area contributed by atoms with Crippen LogP contribution in [0.25, 0.3) is 0 Å². The summed E-state index contributed by atoms with van der Waals surface area (Å²) >= 11 is 0. The number of imidazole rings is 1. The Morgan fingerprint density at radius 3 is 2.62 bits per heavy atom. The lowest BCUT2D eigenvalue weighted by Crippen LogP contribution is -2.03. The molecule has 2 N–H and O–H groups in total. The third-order valence-electron chi connectivity index (χ3n) is 2.33. The molecule has 1 heterocycles. The molecule has 0 spiro atoms. The van der Waals surface area contributed by atoms with Crippen LogP contribution in [0, 0.1) is 0 Å².